The van der Waals surface area contributed by atoms with Gasteiger partial charge in [-0.05, 0) is 82.8 Å². The van der Waals surface area contributed by atoms with E-state index >= 15 is 0 Å². The first kappa shape index (κ1) is 21.2. The van der Waals surface area contributed by atoms with Crippen LogP contribution in [0, 0.1) is 17.2 Å². The zero-order chi connectivity index (χ0) is 20.3. The number of benzene rings is 1. The number of likely N-dealkylation sites (tertiary alicyclic amines) is 2. The number of rotatable bonds is 4. The van der Waals surface area contributed by atoms with Gasteiger partial charge in [0.1, 0.15) is 5.82 Å². The van der Waals surface area contributed by atoms with Crippen molar-refractivity contribution in [3.05, 3.63) is 36.1 Å². The van der Waals surface area contributed by atoms with Gasteiger partial charge in [-0.1, -0.05) is 18.2 Å². The Morgan fingerprint density at radius 3 is 2.48 bits per heavy atom. The topological polar surface area (TPSA) is 19.0 Å². The number of nitrogens with zero attached hydrogens (tertiary/aromatic N) is 3. The molecule has 3 heterocycles. The smallest absolute Gasteiger partial charge is 0.123 e. The molecule has 1 aromatic carbocycles. The molecule has 1 saturated carbocycles. The average molecular weight is 404 g/mol. The van der Waals surface area contributed by atoms with Crippen LogP contribution in [0.3, 0.4) is 0 Å². The van der Waals surface area contributed by atoms with Crippen molar-refractivity contribution in [2.45, 2.75) is 44.2 Å². The maximum atomic E-state index is 11.9. The van der Waals surface area contributed by atoms with E-state index in [2.05, 4.69) is 28.8 Å². The average Bonchev–Trinajstić information content (AvgIpc) is 3.31. The van der Waals surface area contributed by atoms with Crippen LogP contribution < -0.4 is 0 Å². The third-order valence-corrected chi connectivity index (χ3v) is 7.34. The monoisotopic (exact) mass is 403 g/mol. The predicted octanol–water partition coefficient (Wildman–Crippen LogP) is 3.34. The number of ether oxygens (including phenoxy) is 1. The largest absolute Gasteiger partial charge is 0.378 e. The zero-order valence-corrected chi connectivity index (χ0v) is 18.2. The standard InChI is InChI=1S/C18H33N3O.C6H5F/c1-19(2)16-9-17(12-22-11-16)21-8-6-18(14-21)5-7-20(13-18)10-15-3-4-15;7-6-4-2-1-3-5-6/h15-17H,3-14H2,1-2H3;1-5H. The van der Waals surface area contributed by atoms with Crippen LogP contribution >= 0.6 is 0 Å². The molecule has 0 N–H and O–H groups in total. The first-order valence-electron chi connectivity index (χ1n) is 11.4. The van der Waals surface area contributed by atoms with Crippen LogP contribution in [-0.4, -0.2) is 86.8 Å². The van der Waals surface area contributed by atoms with E-state index in [9.17, 15) is 4.39 Å². The van der Waals surface area contributed by atoms with Crippen LogP contribution in [0.5, 0.6) is 0 Å². The highest BCUT2D eigenvalue weighted by molar-refractivity contribution is 5.02. The molecular weight excluding hydrogens is 365 g/mol. The lowest BCUT2D eigenvalue weighted by atomic mass is 9.86. The maximum absolute atomic E-state index is 11.9. The highest BCUT2D eigenvalue weighted by atomic mass is 19.1. The summed E-state index contributed by atoms with van der Waals surface area (Å²) in [6.45, 7) is 8.59. The van der Waals surface area contributed by atoms with Gasteiger partial charge < -0.3 is 14.5 Å². The molecule has 0 radical (unpaired) electrons. The van der Waals surface area contributed by atoms with Gasteiger partial charge in [0.15, 0.2) is 0 Å². The summed E-state index contributed by atoms with van der Waals surface area (Å²) >= 11 is 0. The highest BCUT2D eigenvalue weighted by Crippen LogP contribution is 2.42. The molecule has 3 atom stereocenters. The maximum Gasteiger partial charge on any atom is 0.123 e. The Kier molecular flexibility index (Phi) is 6.90. The van der Waals surface area contributed by atoms with Gasteiger partial charge in [0.05, 0.1) is 13.2 Å². The van der Waals surface area contributed by atoms with Gasteiger partial charge in [0.25, 0.3) is 0 Å². The Bertz CT molecular complexity index is 638. The van der Waals surface area contributed by atoms with Crippen molar-refractivity contribution >= 4 is 0 Å². The Hall–Kier alpha value is -1.01. The third-order valence-electron chi connectivity index (χ3n) is 7.34. The van der Waals surface area contributed by atoms with E-state index in [4.69, 9.17) is 4.74 Å². The minimum absolute atomic E-state index is 0.178. The van der Waals surface area contributed by atoms with Gasteiger partial charge >= 0.3 is 0 Å². The second-order valence-corrected chi connectivity index (χ2v) is 9.99. The summed E-state index contributed by atoms with van der Waals surface area (Å²) in [5.41, 5.74) is 0.611. The summed E-state index contributed by atoms with van der Waals surface area (Å²) in [5.74, 6) is 0.864. The van der Waals surface area contributed by atoms with Crippen molar-refractivity contribution in [3.8, 4) is 0 Å². The van der Waals surface area contributed by atoms with E-state index in [1.165, 1.54) is 77.0 Å². The first-order valence-corrected chi connectivity index (χ1v) is 11.4. The summed E-state index contributed by atoms with van der Waals surface area (Å²) < 4.78 is 17.8. The lowest BCUT2D eigenvalue weighted by Crippen LogP contribution is -2.49. The molecule has 5 rings (SSSR count). The summed E-state index contributed by atoms with van der Waals surface area (Å²) in [7, 11) is 4.38. The van der Waals surface area contributed by atoms with E-state index in [-0.39, 0.29) is 5.82 Å². The Morgan fingerprint density at radius 2 is 1.83 bits per heavy atom. The number of hydrogen-bond donors (Lipinski definition) is 0. The van der Waals surface area contributed by atoms with Gasteiger partial charge in [0, 0.05) is 31.7 Å². The molecular formula is C24H38FN3O. The predicted molar refractivity (Wildman–Crippen MR) is 116 cm³/mol. The molecule has 4 nitrogen and oxygen atoms in total. The molecule has 4 fully saturated rings. The molecule has 1 aliphatic carbocycles. The van der Waals surface area contributed by atoms with Crippen molar-refractivity contribution in [2.24, 2.45) is 11.3 Å². The van der Waals surface area contributed by atoms with Crippen LogP contribution in [-0.2, 0) is 4.74 Å². The fourth-order valence-electron chi connectivity index (χ4n) is 5.28. The fraction of sp³-hybridized carbons (Fsp3) is 0.750. The number of hydrogen-bond acceptors (Lipinski definition) is 4. The van der Waals surface area contributed by atoms with Crippen molar-refractivity contribution in [1.82, 2.24) is 14.7 Å². The van der Waals surface area contributed by atoms with Crippen molar-refractivity contribution in [2.75, 3.05) is 60.0 Å². The summed E-state index contributed by atoms with van der Waals surface area (Å²) in [6, 6.07) is 9.19. The molecule has 1 aromatic rings. The molecule has 3 unspecified atom stereocenters. The molecule has 3 saturated heterocycles. The van der Waals surface area contributed by atoms with E-state index in [1.54, 1.807) is 18.2 Å². The summed E-state index contributed by atoms with van der Waals surface area (Å²) in [5, 5.41) is 0. The van der Waals surface area contributed by atoms with Crippen LogP contribution in [0.2, 0.25) is 0 Å². The van der Waals surface area contributed by atoms with Gasteiger partial charge in [-0.15, -0.1) is 0 Å². The molecule has 0 bridgehead atoms. The molecule has 0 amide bonds. The third kappa shape index (κ3) is 5.78. The van der Waals surface area contributed by atoms with Crippen LogP contribution in [0.4, 0.5) is 4.39 Å². The van der Waals surface area contributed by atoms with Gasteiger partial charge in [-0.3, -0.25) is 4.90 Å². The van der Waals surface area contributed by atoms with Crippen molar-refractivity contribution < 1.29 is 9.13 Å². The Balaban J connectivity index is 0.000000249. The minimum Gasteiger partial charge on any atom is -0.378 e. The van der Waals surface area contributed by atoms with Crippen molar-refractivity contribution in [1.29, 1.82) is 0 Å². The quantitative estimate of drug-likeness (QED) is 0.767. The van der Waals surface area contributed by atoms with E-state index in [0.29, 0.717) is 17.5 Å². The first-order chi connectivity index (χ1) is 14.0. The number of halogens is 1. The fourth-order valence-corrected chi connectivity index (χ4v) is 5.28. The molecule has 0 aromatic heterocycles. The van der Waals surface area contributed by atoms with Crippen molar-refractivity contribution in [3.63, 3.8) is 0 Å². The van der Waals surface area contributed by atoms with Gasteiger partial charge in [-0.25, -0.2) is 4.39 Å². The molecule has 29 heavy (non-hydrogen) atoms. The minimum atomic E-state index is -0.178. The zero-order valence-electron chi connectivity index (χ0n) is 18.2. The van der Waals surface area contributed by atoms with Gasteiger partial charge in [0.2, 0.25) is 0 Å². The SMILES string of the molecule is CN(C)C1COCC(N2CCC3(CCN(CC4CC4)C3)C2)C1.Fc1ccccc1. The highest BCUT2D eigenvalue weighted by Gasteiger charge is 2.46. The lowest BCUT2D eigenvalue weighted by Gasteiger charge is -2.38. The van der Waals surface area contributed by atoms with Gasteiger partial charge in [-0.2, -0.15) is 0 Å². The molecule has 5 heteroatoms. The van der Waals surface area contributed by atoms with Crippen LogP contribution in [0.15, 0.2) is 30.3 Å². The Labute approximate surface area is 176 Å². The van der Waals surface area contributed by atoms with E-state index in [0.717, 1.165) is 19.1 Å². The second kappa shape index (κ2) is 9.42. The summed E-state index contributed by atoms with van der Waals surface area (Å²) in [4.78, 5) is 7.86. The number of likely N-dealkylation sites (N-methyl/N-ethyl adjacent to an activating group) is 1. The molecule has 4 aliphatic rings. The lowest BCUT2D eigenvalue weighted by molar-refractivity contribution is -0.0204. The second-order valence-electron chi connectivity index (χ2n) is 9.99. The molecule has 1 spiro atoms. The van der Waals surface area contributed by atoms with Crippen LogP contribution in [0.25, 0.3) is 0 Å². The summed E-state index contributed by atoms with van der Waals surface area (Å²) in [6.07, 6.45) is 7.11. The molecule has 3 aliphatic heterocycles. The van der Waals surface area contributed by atoms with Crippen LogP contribution in [0.1, 0.15) is 32.1 Å². The Morgan fingerprint density at radius 1 is 1.07 bits per heavy atom. The van der Waals surface area contributed by atoms with E-state index < -0.39 is 0 Å². The normalized spacial score (nSPS) is 33.2. The van der Waals surface area contributed by atoms with E-state index in [1.807, 2.05) is 0 Å². The molecule has 162 valence electrons.